The highest BCUT2D eigenvalue weighted by atomic mass is 79.9. The van der Waals surface area contributed by atoms with E-state index in [1.807, 2.05) is 0 Å². The van der Waals surface area contributed by atoms with Crippen LogP contribution in [-0.2, 0) is 0 Å². The molecule has 1 heterocycles. The van der Waals surface area contributed by atoms with Gasteiger partial charge >= 0.3 is 5.97 Å². The number of rotatable bonds is 3. The molecule has 98 valence electrons. The molecule has 1 aromatic carbocycles. The fraction of sp³-hybridized carbons (Fsp3) is 0. The Kier molecular flexibility index (Phi) is 4.44. The van der Waals surface area contributed by atoms with Crippen LogP contribution in [0.2, 0.25) is 5.02 Å². The minimum atomic E-state index is -1.08. The number of carbonyl (C=O) groups is 1. The maximum absolute atomic E-state index is 11.1. The Bertz CT molecular complexity index is 649. The molecule has 0 atom stereocenters. The first-order chi connectivity index (χ1) is 8.97. The third kappa shape index (κ3) is 3.46. The zero-order valence-electron chi connectivity index (χ0n) is 9.23. The molecule has 0 fully saturated rings. The van der Waals surface area contributed by atoms with Crippen LogP contribution in [0.4, 0.5) is 0 Å². The fourth-order valence-corrected chi connectivity index (χ4v) is 2.42. The number of carboxylic acids is 1. The largest absolute Gasteiger partial charge is 0.478 e. The molecule has 0 spiro atoms. The van der Waals surface area contributed by atoms with Crippen LogP contribution in [0.15, 0.2) is 39.4 Å². The second-order valence-electron chi connectivity index (χ2n) is 3.49. The van der Waals surface area contributed by atoms with Crippen molar-refractivity contribution < 1.29 is 14.6 Å². The first-order valence-electron chi connectivity index (χ1n) is 4.99. The van der Waals surface area contributed by atoms with E-state index in [0.717, 1.165) is 0 Å². The topological polar surface area (TPSA) is 59.4 Å². The lowest BCUT2D eigenvalue weighted by Gasteiger charge is -2.09. The molecule has 0 amide bonds. The second kappa shape index (κ2) is 5.90. The van der Waals surface area contributed by atoms with Crippen LogP contribution in [-0.4, -0.2) is 16.1 Å². The molecule has 2 rings (SSSR count). The Balaban J connectivity index is 2.40. The normalized spacial score (nSPS) is 10.3. The number of halogens is 3. The van der Waals surface area contributed by atoms with Gasteiger partial charge in [-0.3, -0.25) is 0 Å². The number of carboxylic acid groups (broad SMARTS) is 1. The van der Waals surface area contributed by atoms with Gasteiger partial charge in [-0.1, -0.05) is 27.5 Å². The summed E-state index contributed by atoms with van der Waals surface area (Å²) in [5.41, 5.74) is 0.0398. The fourth-order valence-electron chi connectivity index (χ4n) is 1.34. The number of benzene rings is 1. The maximum Gasteiger partial charge on any atom is 0.339 e. The molecule has 1 N–H and O–H groups in total. The van der Waals surface area contributed by atoms with Gasteiger partial charge in [-0.05, 0) is 40.2 Å². The van der Waals surface area contributed by atoms with Gasteiger partial charge in [-0.15, -0.1) is 0 Å². The minimum absolute atomic E-state index is 0.0398. The summed E-state index contributed by atoms with van der Waals surface area (Å²) in [5.74, 6) is -0.637. The highest BCUT2D eigenvalue weighted by molar-refractivity contribution is 9.10. The van der Waals surface area contributed by atoms with Crippen LogP contribution in [0.25, 0.3) is 0 Å². The smallest absolute Gasteiger partial charge is 0.339 e. The molecule has 4 nitrogen and oxygen atoms in total. The molecule has 7 heteroatoms. The third-order valence-electron chi connectivity index (χ3n) is 2.15. The van der Waals surface area contributed by atoms with Gasteiger partial charge < -0.3 is 9.84 Å². The highest BCUT2D eigenvalue weighted by Gasteiger charge is 2.14. The summed E-state index contributed by atoms with van der Waals surface area (Å²) in [6, 6.07) is 6.31. The van der Waals surface area contributed by atoms with Crippen LogP contribution >= 0.6 is 43.5 Å². The number of nitrogens with zero attached hydrogens (tertiary/aromatic N) is 1. The van der Waals surface area contributed by atoms with E-state index in [0.29, 0.717) is 14.0 Å². The zero-order valence-corrected chi connectivity index (χ0v) is 13.2. The SMILES string of the molecule is O=C(O)c1cc(Br)ccc1Oc1ncc(Cl)cc1Br. The van der Waals surface area contributed by atoms with Crippen LogP contribution in [0.1, 0.15) is 10.4 Å². The molecule has 0 saturated carbocycles. The summed E-state index contributed by atoms with van der Waals surface area (Å²) in [6.07, 6.45) is 1.42. The summed E-state index contributed by atoms with van der Waals surface area (Å²) in [4.78, 5) is 15.1. The van der Waals surface area contributed by atoms with Gasteiger partial charge in [-0.2, -0.15) is 0 Å². The summed E-state index contributed by atoms with van der Waals surface area (Å²) < 4.78 is 6.69. The molecule has 0 bridgehead atoms. The zero-order chi connectivity index (χ0) is 14.0. The number of ether oxygens (including phenoxy) is 1. The van der Waals surface area contributed by atoms with Crippen LogP contribution in [0, 0.1) is 0 Å². The van der Waals surface area contributed by atoms with Gasteiger partial charge in [0.25, 0.3) is 0 Å². The van der Waals surface area contributed by atoms with Crippen molar-refractivity contribution in [2.75, 3.05) is 0 Å². The van der Waals surface area contributed by atoms with E-state index in [1.165, 1.54) is 12.3 Å². The predicted octanol–water partition coefficient (Wildman–Crippen LogP) is 4.75. The van der Waals surface area contributed by atoms with E-state index in [9.17, 15) is 4.79 Å². The Morgan fingerprint density at radius 2 is 2.05 bits per heavy atom. The van der Waals surface area contributed by atoms with Crippen molar-refractivity contribution >= 4 is 49.4 Å². The van der Waals surface area contributed by atoms with Gasteiger partial charge in [-0.25, -0.2) is 9.78 Å². The van der Waals surface area contributed by atoms with Gasteiger partial charge in [0.15, 0.2) is 0 Å². The first kappa shape index (κ1) is 14.3. The van der Waals surface area contributed by atoms with Crippen molar-refractivity contribution in [1.82, 2.24) is 4.98 Å². The van der Waals surface area contributed by atoms with E-state index in [-0.39, 0.29) is 17.2 Å². The molecule has 0 unspecified atom stereocenters. The van der Waals surface area contributed by atoms with Crippen molar-refractivity contribution in [3.63, 3.8) is 0 Å². The quantitative estimate of drug-likeness (QED) is 0.798. The van der Waals surface area contributed by atoms with Gasteiger partial charge in [0.1, 0.15) is 11.3 Å². The molecule has 0 aliphatic rings. The van der Waals surface area contributed by atoms with Crippen LogP contribution in [0.3, 0.4) is 0 Å². The minimum Gasteiger partial charge on any atom is -0.478 e. The Morgan fingerprint density at radius 1 is 1.32 bits per heavy atom. The Labute approximate surface area is 130 Å². The Hall–Kier alpha value is -1.11. The summed E-state index contributed by atoms with van der Waals surface area (Å²) in [5, 5.41) is 9.58. The monoisotopic (exact) mass is 405 g/mol. The molecule has 0 aliphatic heterocycles. The first-order valence-corrected chi connectivity index (χ1v) is 6.95. The number of aromatic nitrogens is 1. The standard InChI is InChI=1S/C12H6Br2ClNO3/c13-6-1-2-10(8(3-6)12(17)18)19-11-9(14)4-7(15)5-16-11/h1-5H,(H,17,18). The lowest BCUT2D eigenvalue weighted by atomic mass is 10.2. The van der Waals surface area contributed by atoms with E-state index in [2.05, 4.69) is 36.8 Å². The predicted molar refractivity (Wildman–Crippen MR) is 78.1 cm³/mol. The summed E-state index contributed by atoms with van der Waals surface area (Å²) in [6.45, 7) is 0. The van der Waals surface area contributed by atoms with Crippen LogP contribution in [0.5, 0.6) is 11.6 Å². The summed E-state index contributed by atoms with van der Waals surface area (Å²) in [7, 11) is 0. The molecular formula is C12H6Br2ClNO3. The van der Waals surface area contributed by atoms with E-state index in [4.69, 9.17) is 21.4 Å². The van der Waals surface area contributed by atoms with Crippen molar-refractivity contribution in [3.05, 3.63) is 50.0 Å². The van der Waals surface area contributed by atoms with E-state index < -0.39 is 5.97 Å². The number of pyridine rings is 1. The molecule has 19 heavy (non-hydrogen) atoms. The lowest BCUT2D eigenvalue weighted by Crippen LogP contribution is -2.01. The van der Waals surface area contributed by atoms with E-state index >= 15 is 0 Å². The third-order valence-corrected chi connectivity index (χ3v) is 3.42. The number of aromatic carboxylic acids is 1. The average Bonchev–Trinajstić information content (AvgIpc) is 2.34. The number of hydrogen-bond donors (Lipinski definition) is 1. The van der Waals surface area contributed by atoms with Crippen molar-refractivity contribution in [2.45, 2.75) is 0 Å². The Morgan fingerprint density at radius 3 is 2.68 bits per heavy atom. The molecule has 0 saturated heterocycles. The van der Waals surface area contributed by atoms with Gasteiger partial charge in [0.2, 0.25) is 5.88 Å². The molecular weight excluding hydrogens is 401 g/mol. The second-order valence-corrected chi connectivity index (χ2v) is 5.69. The van der Waals surface area contributed by atoms with Crippen molar-refractivity contribution in [3.8, 4) is 11.6 Å². The molecule has 1 aromatic heterocycles. The van der Waals surface area contributed by atoms with Gasteiger partial charge in [0, 0.05) is 10.7 Å². The number of hydrogen-bond acceptors (Lipinski definition) is 3. The van der Waals surface area contributed by atoms with Crippen LogP contribution < -0.4 is 4.74 Å². The average molecular weight is 407 g/mol. The molecule has 0 aliphatic carbocycles. The summed E-state index contributed by atoms with van der Waals surface area (Å²) >= 11 is 12.2. The molecule has 2 aromatic rings. The maximum atomic E-state index is 11.1. The highest BCUT2D eigenvalue weighted by Crippen LogP contribution is 2.32. The van der Waals surface area contributed by atoms with Crippen molar-refractivity contribution in [2.24, 2.45) is 0 Å². The van der Waals surface area contributed by atoms with Crippen molar-refractivity contribution in [1.29, 1.82) is 0 Å². The molecule has 0 radical (unpaired) electrons. The van der Waals surface area contributed by atoms with Gasteiger partial charge in [0.05, 0.1) is 9.50 Å². The lowest BCUT2D eigenvalue weighted by molar-refractivity contribution is 0.0694. The van der Waals surface area contributed by atoms with E-state index in [1.54, 1.807) is 18.2 Å².